The molecule has 2 saturated carbocycles. The molecule has 0 amide bonds. The van der Waals surface area contributed by atoms with E-state index in [0.717, 1.165) is 24.9 Å². The van der Waals surface area contributed by atoms with E-state index in [1.54, 1.807) is 0 Å². The Hall–Kier alpha value is -0.570. The molecule has 4 atom stereocenters. The van der Waals surface area contributed by atoms with Crippen LogP contribution >= 0.6 is 0 Å². The van der Waals surface area contributed by atoms with Crippen LogP contribution in [0.25, 0.3) is 0 Å². The summed E-state index contributed by atoms with van der Waals surface area (Å²) in [4.78, 5) is 12.4. The number of ether oxygens (including phenoxy) is 1. The minimum Gasteiger partial charge on any atom is -0.460 e. The van der Waals surface area contributed by atoms with E-state index in [4.69, 9.17) is 4.74 Å². The number of carbonyl (C=O) groups excluding carboxylic acids is 1. The van der Waals surface area contributed by atoms with Crippen molar-refractivity contribution in [3.63, 3.8) is 0 Å². The summed E-state index contributed by atoms with van der Waals surface area (Å²) in [5.41, 5.74) is -0.135. The zero-order chi connectivity index (χ0) is 13.0. The second-order valence-electron chi connectivity index (χ2n) is 7.53. The summed E-state index contributed by atoms with van der Waals surface area (Å²) < 4.78 is 5.64. The number of carbonyl (C=O) groups is 1. The number of nitrogens with one attached hydrogen (secondary N) is 1. The molecule has 102 valence electrons. The van der Waals surface area contributed by atoms with Crippen molar-refractivity contribution in [2.24, 2.45) is 23.2 Å². The Kier molecular flexibility index (Phi) is 2.74. The summed E-state index contributed by atoms with van der Waals surface area (Å²) in [6, 6.07) is 0. The van der Waals surface area contributed by atoms with Gasteiger partial charge >= 0.3 is 5.97 Å². The van der Waals surface area contributed by atoms with Gasteiger partial charge in [-0.1, -0.05) is 6.42 Å². The molecule has 1 aliphatic heterocycles. The molecular formula is C15H25NO2. The average molecular weight is 251 g/mol. The maximum Gasteiger partial charge on any atom is 0.311 e. The Morgan fingerprint density at radius 2 is 2.11 bits per heavy atom. The molecule has 3 fully saturated rings. The maximum absolute atomic E-state index is 12.4. The molecule has 3 rings (SSSR count). The quantitative estimate of drug-likeness (QED) is 0.727. The third kappa shape index (κ3) is 1.87. The zero-order valence-corrected chi connectivity index (χ0v) is 11.8. The normalized spacial score (nSPS) is 42.7. The van der Waals surface area contributed by atoms with Crippen LogP contribution in [0.1, 0.15) is 46.5 Å². The lowest BCUT2D eigenvalue weighted by Crippen LogP contribution is -2.42. The van der Waals surface area contributed by atoms with Crippen LogP contribution in [-0.2, 0) is 9.53 Å². The second kappa shape index (κ2) is 3.96. The smallest absolute Gasteiger partial charge is 0.311 e. The predicted octanol–water partition coefficient (Wildman–Crippen LogP) is 2.35. The van der Waals surface area contributed by atoms with Gasteiger partial charge in [0.15, 0.2) is 0 Å². The fourth-order valence-electron chi connectivity index (χ4n) is 4.60. The number of rotatable bonds is 1. The molecule has 0 aromatic rings. The van der Waals surface area contributed by atoms with Crippen LogP contribution in [-0.4, -0.2) is 24.7 Å². The predicted molar refractivity (Wildman–Crippen MR) is 70.1 cm³/mol. The van der Waals surface area contributed by atoms with E-state index in [1.807, 2.05) is 20.8 Å². The molecule has 3 nitrogen and oxygen atoms in total. The summed E-state index contributed by atoms with van der Waals surface area (Å²) in [6.45, 7) is 7.72. The van der Waals surface area contributed by atoms with Gasteiger partial charge in [0.25, 0.3) is 0 Å². The monoisotopic (exact) mass is 251 g/mol. The highest BCUT2D eigenvalue weighted by Crippen LogP contribution is 2.60. The lowest BCUT2D eigenvalue weighted by molar-refractivity contribution is -0.164. The molecule has 1 spiro atoms. The van der Waals surface area contributed by atoms with E-state index in [-0.39, 0.29) is 22.9 Å². The van der Waals surface area contributed by atoms with Crippen LogP contribution in [0.2, 0.25) is 0 Å². The van der Waals surface area contributed by atoms with Crippen LogP contribution in [0, 0.1) is 23.2 Å². The van der Waals surface area contributed by atoms with Crippen molar-refractivity contribution in [2.75, 3.05) is 13.1 Å². The van der Waals surface area contributed by atoms with Gasteiger partial charge in [0, 0.05) is 18.5 Å². The fourth-order valence-corrected chi connectivity index (χ4v) is 4.60. The number of hydrogen-bond donors (Lipinski definition) is 1. The van der Waals surface area contributed by atoms with Crippen molar-refractivity contribution in [3.05, 3.63) is 0 Å². The fraction of sp³-hybridized carbons (Fsp3) is 0.933. The first kappa shape index (κ1) is 12.5. The molecular weight excluding hydrogens is 226 g/mol. The van der Waals surface area contributed by atoms with Crippen molar-refractivity contribution in [3.8, 4) is 0 Å². The van der Waals surface area contributed by atoms with Crippen LogP contribution in [0.5, 0.6) is 0 Å². The SMILES string of the molecule is CC(C)(C)OC(=O)C1CNCC12CC1CCC2C1. The lowest BCUT2D eigenvalue weighted by atomic mass is 9.66. The Morgan fingerprint density at radius 3 is 2.67 bits per heavy atom. The van der Waals surface area contributed by atoms with Crippen molar-refractivity contribution in [1.82, 2.24) is 5.32 Å². The van der Waals surface area contributed by atoms with Crippen molar-refractivity contribution >= 4 is 5.97 Å². The molecule has 0 radical (unpaired) electrons. The first-order valence-electron chi connectivity index (χ1n) is 7.34. The van der Waals surface area contributed by atoms with Gasteiger partial charge in [-0.3, -0.25) is 4.79 Å². The highest BCUT2D eigenvalue weighted by molar-refractivity contribution is 5.75. The molecule has 0 aromatic carbocycles. The third-order valence-electron chi connectivity index (χ3n) is 5.21. The second-order valence-corrected chi connectivity index (χ2v) is 7.53. The minimum atomic E-state index is -0.363. The lowest BCUT2D eigenvalue weighted by Gasteiger charge is -2.38. The Morgan fingerprint density at radius 1 is 1.33 bits per heavy atom. The van der Waals surface area contributed by atoms with Crippen LogP contribution in [0.3, 0.4) is 0 Å². The summed E-state index contributed by atoms with van der Waals surface area (Å²) >= 11 is 0. The van der Waals surface area contributed by atoms with Crippen LogP contribution < -0.4 is 5.32 Å². The molecule has 2 bridgehead atoms. The van der Waals surface area contributed by atoms with E-state index >= 15 is 0 Å². The Balaban J connectivity index is 1.78. The number of esters is 1. The highest BCUT2D eigenvalue weighted by Gasteiger charge is 2.59. The zero-order valence-electron chi connectivity index (χ0n) is 11.8. The first-order valence-corrected chi connectivity index (χ1v) is 7.34. The van der Waals surface area contributed by atoms with Gasteiger partial charge < -0.3 is 10.1 Å². The molecule has 0 aromatic heterocycles. The van der Waals surface area contributed by atoms with Gasteiger partial charge in [-0.15, -0.1) is 0 Å². The standard InChI is InChI=1S/C15H25NO2/c1-14(2,3)18-13(17)12-8-16-9-15(12)7-10-4-5-11(15)6-10/h10-12,16H,4-9H2,1-3H3. The third-order valence-corrected chi connectivity index (χ3v) is 5.21. The van der Waals surface area contributed by atoms with Gasteiger partial charge in [0.2, 0.25) is 0 Å². The Bertz CT molecular complexity index is 360. The van der Waals surface area contributed by atoms with Gasteiger partial charge in [-0.05, 0) is 51.9 Å². The summed E-state index contributed by atoms with van der Waals surface area (Å²) in [7, 11) is 0. The van der Waals surface area contributed by atoms with E-state index in [1.165, 1.54) is 25.7 Å². The molecule has 3 heteroatoms. The van der Waals surface area contributed by atoms with Gasteiger partial charge in [-0.25, -0.2) is 0 Å². The summed E-state index contributed by atoms with van der Waals surface area (Å²) in [5, 5.41) is 3.46. The van der Waals surface area contributed by atoms with Crippen molar-refractivity contribution in [1.29, 1.82) is 0 Å². The summed E-state index contributed by atoms with van der Waals surface area (Å²) in [6.07, 6.45) is 5.30. The van der Waals surface area contributed by atoms with E-state index in [9.17, 15) is 4.79 Å². The topological polar surface area (TPSA) is 38.3 Å². The molecule has 1 heterocycles. The van der Waals surface area contributed by atoms with E-state index < -0.39 is 0 Å². The van der Waals surface area contributed by atoms with Gasteiger partial charge in [0.1, 0.15) is 5.60 Å². The van der Waals surface area contributed by atoms with Gasteiger partial charge in [0.05, 0.1) is 5.92 Å². The van der Waals surface area contributed by atoms with Crippen LogP contribution in [0.15, 0.2) is 0 Å². The van der Waals surface area contributed by atoms with Gasteiger partial charge in [-0.2, -0.15) is 0 Å². The van der Waals surface area contributed by atoms with Crippen molar-refractivity contribution in [2.45, 2.75) is 52.1 Å². The molecule has 1 saturated heterocycles. The molecule has 1 N–H and O–H groups in total. The molecule has 3 aliphatic rings. The molecule has 18 heavy (non-hydrogen) atoms. The Labute approximate surface area is 110 Å². The minimum absolute atomic E-state index is 0.0278. The number of fused-ring (bicyclic) bond motifs is 3. The summed E-state index contributed by atoms with van der Waals surface area (Å²) in [5.74, 6) is 1.75. The van der Waals surface area contributed by atoms with Crippen LogP contribution in [0.4, 0.5) is 0 Å². The highest BCUT2D eigenvalue weighted by atomic mass is 16.6. The largest absolute Gasteiger partial charge is 0.460 e. The average Bonchev–Trinajstić information content (AvgIpc) is 2.90. The van der Waals surface area contributed by atoms with E-state index in [0.29, 0.717) is 0 Å². The molecule has 2 aliphatic carbocycles. The van der Waals surface area contributed by atoms with E-state index in [2.05, 4.69) is 5.32 Å². The molecule has 4 unspecified atom stereocenters. The first-order chi connectivity index (χ1) is 8.41. The van der Waals surface area contributed by atoms with Crippen molar-refractivity contribution < 1.29 is 9.53 Å². The maximum atomic E-state index is 12.4. The number of hydrogen-bond acceptors (Lipinski definition) is 3.